The van der Waals surface area contributed by atoms with Gasteiger partial charge in [-0.3, -0.25) is 0 Å². The normalized spacial score (nSPS) is 10.5. The minimum atomic E-state index is 0.293. The highest BCUT2D eigenvalue weighted by Crippen LogP contribution is 2.27. The summed E-state index contributed by atoms with van der Waals surface area (Å²) in [6.07, 6.45) is 0.667. The molecular weight excluding hydrogens is 234 g/mol. The molecule has 0 spiro atoms. The van der Waals surface area contributed by atoms with Crippen molar-refractivity contribution >= 4 is 11.6 Å². The number of aromatic hydroxyl groups is 1. The van der Waals surface area contributed by atoms with Gasteiger partial charge in [-0.25, -0.2) is 0 Å². The zero-order valence-corrected chi connectivity index (χ0v) is 10.1. The monoisotopic (exact) mass is 247 g/mol. The minimum absolute atomic E-state index is 0.293. The van der Waals surface area contributed by atoms with Gasteiger partial charge in [0.05, 0.1) is 0 Å². The van der Waals surface area contributed by atoms with Gasteiger partial charge in [-0.1, -0.05) is 29.8 Å². The van der Waals surface area contributed by atoms with E-state index >= 15 is 0 Å². The molecule has 2 nitrogen and oxygen atoms in total. The molecule has 2 aromatic carbocycles. The first kappa shape index (κ1) is 12.0. The molecule has 0 atom stereocenters. The molecule has 3 heteroatoms. The van der Waals surface area contributed by atoms with Crippen LogP contribution >= 0.6 is 11.6 Å². The predicted octanol–water partition coefficient (Wildman–Crippen LogP) is 3.21. The summed E-state index contributed by atoms with van der Waals surface area (Å²) in [4.78, 5) is 0. The summed E-state index contributed by atoms with van der Waals surface area (Å²) in [5.41, 5.74) is 8.45. The second kappa shape index (κ2) is 5.21. The summed E-state index contributed by atoms with van der Waals surface area (Å²) in [6.45, 7) is 0.520. The second-order valence-corrected chi connectivity index (χ2v) is 4.33. The minimum Gasteiger partial charge on any atom is -0.508 e. The van der Waals surface area contributed by atoms with E-state index in [2.05, 4.69) is 0 Å². The van der Waals surface area contributed by atoms with E-state index in [9.17, 15) is 5.11 Å². The zero-order chi connectivity index (χ0) is 12.3. The van der Waals surface area contributed by atoms with Crippen LogP contribution in [0.1, 0.15) is 5.56 Å². The molecule has 0 amide bonds. The smallest absolute Gasteiger partial charge is 0.118 e. The van der Waals surface area contributed by atoms with Gasteiger partial charge < -0.3 is 10.8 Å². The van der Waals surface area contributed by atoms with Crippen LogP contribution in [-0.4, -0.2) is 11.7 Å². The molecule has 0 aliphatic carbocycles. The van der Waals surface area contributed by atoms with Gasteiger partial charge in [-0.05, 0) is 53.9 Å². The van der Waals surface area contributed by atoms with Gasteiger partial charge in [0.2, 0.25) is 0 Å². The lowest BCUT2D eigenvalue weighted by atomic mass is 10.0. The van der Waals surface area contributed by atoms with Crippen molar-refractivity contribution < 1.29 is 5.11 Å². The van der Waals surface area contributed by atoms with E-state index in [1.165, 1.54) is 0 Å². The van der Waals surface area contributed by atoms with Gasteiger partial charge in [0.15, 0.2) is 0 Å². The molecule has 0 aliphatic heterocycles. The van der Waals surface area contributed by atoms with Crippen LogP contribution in [0.5, 0.6) is 5.75 Å². The van der Waals surface area contributed by atoms with E-state index in [4.69, 9.17) is 17.3 Å². The van der Waals surface area contributed by atoms with Crippen LogP contribution in [-0.2, 0) is 6.42 Å². The molecule has 0 radical (unpaired) electrons. The molecule has 0 bridgehead atoms. The summed E-state index contributed by atoms with van der Waals surface area (Å²) in [6, 6.07) is 13.2. The fraction of sp³-hybridized carbons (Fsp3) is 0.143. The number of hydrogen-bond donors (Lipinski definition) is 2. The van der Waals surface area contributed by atoms with E-state index in [1.807, 2.05) is 36.4 Å². The van der Waals surface area contributed by atoms with Crippen molar-refractivity contribution in [2.45, 2.75) is 6.42 Å². The van der Waals surface area contributed by atoms with E-state index in [0.717, 1.165) is 16.7 Å². The molecule has 0 aliphatic rings. The van der Waals surface area contributed by atoms with Crippen LogP contribution in [0, 0.1) is 0 Å². The van der Waals surface area contributed by atoms with Crippen molar-refractivity contribution in [1.29, 1.82) is 0 Å². The van der Waals surface area contributed by atoms with Crippen LogP contribution in [0.25, 0.3) is 11.1 Å². The Hall–Kier alpha value is -1.51. The molecule has 88 valence electrons. The quantitative estimate of drug-likeness (QED) is 0.875. The highest BCUT2D eigenvalue weighted by Gasteiger charge is 2.04. The lowest BCUT2D eigenvalue weighted by Crippen LogP contribution is -2.02. The first-order valence-corrected chi connectivity index (χ1v) is 5.86. The predicted molar refractivity (Wildman–Crippen MR) is 71.3 cm³/mol. The highest BCUT2D eigenvalue weighted by atomic mass is 35.5. The Kier molecular flexibility index (Phi) is 3.67. The Balaban J connectivity index is 2.42. The fourth-order valence-corrected chi connectivity index (χ4v) is 1.98. The SMILES string of the molecule is NCCc1cc(-c2cccc(Cl)c2)ccc1O. The van der Waals surface area contributed by atoms with Crippen molar-refractivity contribution in [2.75, 3.05) is 6.54 Å². The van der Waals surface area contributed by atoms with Crippen LogP contribution in [0.2, 0.25) is 5.02 Å². The van der Waals surface area contributed by atoms with E-state index in [0.29, 0.717) is 23.7 Å². The van der Waals surface area contributed by atoms with Crippen molar-refractivity contribution in [2.24, 2.45) is 5.73 Å². The molecule has 0 fully saturated rings. The van der Waals surface area contributed by atoms with E-state index in [-0.39, 0.29) is 0 Å². The molecule has 0 saturated carbocycles. The number of nitrogens with two attached hydrogens (primary N) is 1. The maximum atomic E-state index is 9.69. The number of rotatable bonds is 3. The standard InChI is InChI=1S/C14H14ClNO/c15-13-3-1-2-10(9-13)11-4-5-14(17)12(8-11)6-7-16/h1-5,8-9,17H,6-7,16H2. The molecule has 17 heavy (non-hydrogen) atoms. The van der Waals surface area contributed by atoms with Crippen molar-refractivity contribution in [3.05, 3.63) is 53.1 Å². The Morgan fingerprint density at radius 3 is 2.53 bits per heavy atom. The summed E-state index contributed by atoms with van der Waals surface area (Å²) in [5.74, 6) is 0.293. The van der Waals surface area contributed by atoms with Crippen molar-refractivity contribution in [1.82, 2.24) is 0 Å². The molecule has 2 aromatic rings. The zero-order valence-electron chi connectivity index (χ0n) is 9.36. The van der Waals surface area contributed by atoms with Crippen LogP contribution in [0.3, 0.4) is 0 Å². The Bertz CT molecular complexity index is 525. The van der Waals surface area contributed by atoms with Crippen molar-refractivity contribution in [3.63, 3.8) is 0 Å². The first-order valence-electron chi connectivity index (χ1n) is 5.48. The maximum Gasteiger partial charge on any atom is 0.118 e. The number of phenolic OH excluding ortho intramolecular Hbond substituents is 1. The van der Waals surface area contributed by atoms with Crippen LogP contribution in [0.4, 0.5) is 0 Å². The summed E-state index contributed by atoms with van der Waals surface area (Å²) >= 11 is 5.96. The topological polar surface area (TPSA) is 46.2 Å². The maximum absolute atomic E-state index is 9.69. The highest BCUT2D eigenvalue weighted by molar-refractivity contribution is 6.30. The Labute approximate surface area is 106 Å². The lowest BCUT2D eigenvalue weighted by Gasteiger charge is -2.07. The van der Waals surface area contributed by atoms with Crippen molar-refractivity contribution in [3.8, 4) is 16.9 Å². The molecule has 0 aromatic heterocycles. The summed E-state index contributed by atoms with van der Waals surface area (Å²) in [5, 5.41) is 10.4. The number of hydrogen-bond acceptors (Lipinski definition) is 2. The first-order chi connectivity index (χ1) is 8.20. The molecule has 0 heterocycles. The molecule has 0 unspecified atom stereocenters. The van der Waals surface area contributed by atoms with E-state index in [1.54, 1.807) is 6.07 Å². The Morgan fingerprint density at radius 1 is 1.06 bits per heavy atom. The third kappa shape index (κ3) is 2.78. The summed E-state index contributed by atoms with van der Waals surface area (Å²) < 4.78 is 0. The van der Waals surface area contributed by atoms with Gasteiger partial charge >= 0.3 is 0 Å². The molecule has 0 saturated heterocycles. The molecular formula is C14H14ClNO. The number of benzene rings is 2. The van der Waals surface area contributed by atoms with Crippen LogP contribution < -0.4 is 5.73 Å². The lowest BCUT2D eigenvalue weighted by molar-refractivity contribution is 0.468. The average molecular weight is 248 g/mol. The average Bonchev–Trinajstić information content (AvgIpc) is 2.32. The third-order valence-electron chi connectivity index (χ3n) is 2.65. The molecule has 3 N–H and O–H groups in total. The fourth-order valence-electron chi connectivity index (χ4n) is 1.79. The van der Waals surface area contributed by atoms with E-state index < -0.39 is 0 Å². The third-order valence-corrected chi connectivity index (χ3v) is 2.89. The number of halogens is 1. The second-order valence-electron chi connectivity index (χ2n) is 3.89. The summed E-state index contributed by atoms with van der Waals surface area (Å²) in [7, 11) is 0. The van der Waals surface area contributed by atoms with Gasteiger partial charge in [-0.2, -0.15) is 0 Å². The van der Waals surface area contributed by atoms with Gasteiger partial charge in [-0.15, -0.1) is 0 Å². The van der Waals surface area contributed by atoms with Gasteiger partial charge in [0.25, 0.3) is 0 Å². The molecule has 2 rings (SSSR count). The van der Waals surface area contributed by atoms with Gasteiger partial charge in [0, 0.05) is 5.02 Å². The largest absolute Gasteiger partial charge is 0.508 e. The number of phenols is 1. The Morgan fingerprint density at radius 2 is 1.82 bits per heavy atom. The van der Waals surface area contributed by atoms with Gasteiger partial charge in [0.1, 0.15) is 5.75 Å². The van der Waals surface area contributed by atoms with Crippen LogP contribution in [0.15, 0.2) is 42.5 Å².